The molecule has 0 rings (SSSR count). The second-order valence-corrected chi connectivity index (χ2v) is 6.10. The molecule has 0 aliphatic rings. The Bertz CT molecular complexity index is 177. The van der Waals surface area contributed by atoms with Gasteiger partial charge in [-0.05, 0) is 6.42 Å². The number of unbranched alkanes of at least 4 members (excludes halogenated alkanes) is 3. The maximum Gasteiger partial charge on any atom is 0.216 e. The van der Waals surface area contributed by atoms with Crippen molar-refractivity contribution in [2.24, 2.45) is 5.92 Å². The minimum atomic E-state index is -1.62. The number of rotatable bonds is 7. The lowest BCUT2D eigenvalue weighted by Crippen LogP contribution is -2.32. The SMILES string of the molecule is C=C[C@@H](CCCCCC)[C@H](O)C(Cl)(Cl)Cl. The summed E-state index contributed by atoms with van der Waals surface area (Å²) in [5, 5.41) is 9.73. The molecule has 0 saturated carbocycles. The van der Waals surface area contributed by atoms with E-state index in [9.17, 15) is 5.11 Å². The third-order valence-corrected chi connectivity index (χ3v) is 3.11. The molecule has 0 aliphatic heterocycles. The van der Waals surface area contributed by atoms with Crippen LogP contribution in [0, 0.1) is 5.92 Å². The third-order valence-electron chi connectivity index (χ3n) is 2.43. The molecule has 0 amide bonds. The number of aliphatic hydroxyl groups is 1. The number of aliphatic hydroxyl groups excluding tert-OH is 1. The Balaban J connectivity index is 3.97. The van der Waals surface area contributed by atoms with E-state index in [0.29, 0.717) is 0 Å². The Labute approximate surface area is 107 Å². The molecule has 0 bridgehead atoms. The molecule has 0 radical (unpaired) electrons. The average Bonchev–Trinajstić information content (AvgIpc) is 2.16. The summed E-state index contributed by atoms with van der Waals surface area (Å²) >= 11 is 16.9. The van der Waals surface area contributed by atoms with Crippen molar-refractivity contribution in [1.29, 1.82) is 0 Å². The van der Waals surface area contributed by atoms with Crippen LogP contribution in [0.2, 0.25) is 0 Å². The largest absolute Gasteiger partial charge is 0.388 e. The van der Waals surface area contributed by atoms with Gasteiger partial charge < -0.3 is 5.11 Å². The average molecular weight is 274 g/mol. The maximum absolute atomic E-state index is 9.73. The molecule has 0 unspecified atom stereocenters. The third kappa shape index (κ3) is 6.68. The quantitative estimate of drug-likeness (QED) is 0.412. The van der Waals surface area contributed by atoms with E-state index < -0.39 is 9.90 Å². The van der Waals surface area contributed by atoms with Crippen LogP contribution < -0.4 is 0 Å². The highest BCUT2D eigenvalue weighted by atomic mass is 35.6. The Morgan fingerprint density at radius 2 is 1.87 bits per heavy atom. The van der Waals surface area contributed by atoms with E-state index in [1.54, 1.807) is 6.08 Å². The lowest BCUT2D eigenvalue weighted by Gasteiger charge is -2.25. The summed E-state index contributed by atoms with van der Waals surface area (Å²) in [6.07, 6.45) is 6.08. The van der Waals surface area contributed by atoms with Crippen LogP contribution in [0.3, 0.4) is 0 Å². The highest BCUT2D eigenvalue weighted by molar-refractivity contribution is 6.68. The van der Waals surface area contributed by atoms with Crippen LogP contribution in [0.5, 0.6) is 0 Å². The van der Waals surface area contributed by atoms with Crippen LogP contribution in [-0.4, -0.2) is 15.0 Å². The van der Waals surface area contributed by atoms with Crippen LogP contribution in [0.25, 0.3) is 0 Å². The molecule has 2 atom stereocenters. The molecule has 0 aromatic rings. The molecular formula is C11H19Cl3O. The molecule has 0 aromatic heterocycles. The summed E-state index contributed by atoms with van der Waals surface area (Å²) < 4.78 is -1.62. The number of alkyl halides is 3. The molecule has 0 saturated heterocycles. The van der Waals surface area contributed by atoms with E-state index in [1.807, 2.05) is 0 Å². The lowest BCUT2D eigenvalue weighted by atomic mass is 9.96. The summed E-state index contributed by atoms with van der Waals surface area (Å²) in [5.41, 5.74) is 0. The monoisotopic (exact) mass is 272 g/mol. The maximum atomic E-state index is 9.73. The van der Waals surface area contributed by atoms with Crippen LogP contribution in [0.1, 0.15) is 39.0 Å². The molecule has 0 heterocycles. The molecule has 0 aliphatic carbocycles. The van der Waals surface area contributed by atoms with Crippen molar-refractivity contribution >= 4 is 34.8 Å². The van der Waals surface area contributed by atoms with E-state index in [1.165, 1.54) is 12.8 Å². The second-order valence-electron chi connectivity index (χ2n) is 3.74. The summed E-state index contributed by atoms with van der Waals surface area (Å²) in [6.45, 7) is 5.81. The summed E-state index contributed by atoms with van der Waals surface area (Å²) in [7, 11) is 0. The van der Waals surface area contributed by atoms with Gasteiger partial charge >= 0.3 is 0 Å². The molecule has 0 spiro atoms. The first-order chi connectivity index (χ1) is 6.93. The highest BCUT2D eigenvalue weighted by Crippen LogP contribution is 2.36. The van der Waals surface area contributed by atoms with Gasteiger partial charge in [0.2, 0.25) is 3.79 Å². The van der Waals surface area contributed by atoms with Gasteiger partial charge in [-0.15, -0.1) is 6.58 Å². The topological polar surface area (TPSA) is 20.2 Å². The van der Waals surface area contributed by atoms with Crippen molar-refractivity contribution in [2.75, 3.05) is 0 Å². The van der Waals surface area contributed by atoms with Crippen molar-refractivity contribution in [1.82, 2.24) is 0 Å². The molecule has 1 nitrogen and oxygen atoms in total. The minimum Gasteiger partial charge on any atom is -0.388 e. The smallest absolute Gasteiger partial charge is 0.216 e. The zero-order valence-electron chi connectivity index (χ0n) is 9.06. The van der Waals surface area contributed by atoms with E-state index in [4.69, 9.17) is 34.8 Å². The molecule has 15 heavy (non-hydrogen) atoms. The van der Waals surface area contributed by atoms with Gasteiger partial charge in [0.15, 0.2) is 0 Å². The van der Waals surface area contributed by atoms with Gasteiger partial charge in [-0.3, -0.25) is 0 Å². The first-order valence-electron chi connectivity index (χ1n) is 5.30. The van der Waals surface area contributed by atoms with Gasteiger partial charge in [-0.25, -0.2) is 0 Å². The van der Waals surface area contributed by atoms with Crippen molar-refractivity contribution in [2.45, 2.75) is 48.9 Å². The first kappa shape index (κ1) is 15.6. The lowest BCUT2D eigenvalue weighted by molar-refractivity contribution is 0.128. The highest BCUT2D eigenvalue weighted by Gasteiger charge is 2.35. The molecule has 0 aromatic carbocycles. The van der Waals surface area contributed by atoms with E-state index in [-0.39, 0.29) is 5.92 Å². The van der Waals surface area contributed by atoms with Crippen molar-refractivity contribution in [3.63, 3.8) is 0 Å². The Morgan fingerprint density at radius 3 is 2.27 bits per heavy atom. The fourth-order valence-corrected chi connectivity index (χ4v) is 1.94. The van der Waals surface area contributed by atoms with Crippen LogP contribution in [0.15, 0.2) is 12.7 Å². The van der Waals surface area contributed by atoms with Crippen molar-refractivity contribution < 1.29 is 5.11 Å². The van der Waals surface area contributed by atoms with Gasteiger partial charge in [-0.1, -0.05) is 73.5 Å². The first-order valence-corrected chi connectivity index (χ1v) is 6.44. The van der Waals surface area contributed by atoms with E-state index in [0.717, 1.165) is 19.3 Å². The number of halogens is 3. The zero-order valence-corrected chi connectivity index (χ0v) is 11.3. The van der Waals surface area contributed by atoms with E-state index >= 15 is 0 Å². The van der Waals surface area contributed by atoms with Gasteiger partial charge in [0.05, 0.1) is 0 Å². The van der Waals surface area contributed by atoms with Crippen LogP contribution >= 0.6 is 34.8 Å². The fraction of sp³-hybridized carbons (Fsp3) is 0.818. The molecular weight excluding hydrogens is 254 g/mol. The molecule has 1 N–H and O–H groups in total. The zero-order chi connectivity index (χ0) is 11.9. The predicted octanol–water partition coefficient (Wildman–Crippen LogP) is 4.49. The molecule has 0 fully saturated rings. The van der Waals surface area contributed by atoms with Crippen LogP contribution in [-0.2, 0) is 0 Å². The Hall–Kier alpha value is 0.570. The Kier molecular flexibility index (Phi) is 8.08. The van der Waals surface area contributed by atoms with E-state index in [2.05, 4.69) is 13.5 Å². The van der Waals surface area contributed by atoms with Crippen molar-refractivity contribution in [3.8, 4) is 0 Å². The standard InChI is InChI=1S/C11H19Cl3O/c1-3-5-6-7-8-9(4-2)10(15)11(12,13)14/h4,9-10,15H,2-3,5-8H2,1H3/t9-,10-/m0/s1. The fourth-order valence-electron chi connectivity index (χ4n) is 1.45. The summed E-state index contributed by atoms with van der Waals surface area (Å²) in [6, 6.07) is 0. The molecule has 4 heteroatoms. The van der Waals surface area contributed by atoms with Crippen molar-refractivity contribution in [3.05, 3.63) is 12.7 Å². The summed E-state index contributed by atoms with van der Waals surface area (Å²) in [4.78, 5) is 0. The van der Waals surface area contributed by atoms with Crippen LogP contribution in [0.4, 0.5) is 0 Å². The normalized spacial score (nSPS) is 16.1. The van der Waals surface area contributed by atoms with Gasteiger partial charge in [0.25, 0.3) is 0 Å². The number of hydrogen-bond donors (Lipinski definition) is 1. The minimum absolute atomic E-state index is 0.144. The Morgan fingerprint density at radius 1 is 1.27 bits per heavy atom. The van der Waals surface area contributed by atoms with Gasteiger partial charge in [0, 0.05) is 5.92 Å². The summed E-state index contributed by atoms with van der Waals surface area (Å²) in [5.74, 6) is -0.144. The van der Waals surface area contributed by atoms with Gasteiger partial charge in [0.1, 0.15) is 6.10 Å². The molecule has 90 valence electrons. The second kappa shape index (κ2) is 7.78. The predicted molar refractivity (Wildman–Crippen MR) is 68.7 cm³/mol. The number of hydrogen-bond acceptors (Lipinski definition) is 1. The van der Waals surface area contributed by atoms with Gasteiger partial charge in [-0.2, -0.15) is 0 Å².